The quantitative estimate of drug-likeness (QED) is 0.815. The SMILES string of the molecule is Cc1ccc(N2CCCS2(=O)=O)cc1NS(=O)(=O)c1ccc(C(C)(C)C)cc1. The second-order valence-corrected chi connectivity index (χ2v) is 11.8. The fourth-order valence-electron chi connectivity index (χ4n) is 3.14. The molecule has 28 heavy (non-hydrogen) atoms. The molecule has 2 aromatic carbocycles. The average molecular weight is 423 g/mol. The van der Waals surface area contributed by atoms with Crippen LogP contribution in [0, 0.1) is 6.92 Å². The van der Waals surface area contributed by atoms with Crippen LogP contribution < -0.4 is 9.03 Å². The highest BCUT2D eigenvalue weighted by Crippen LogP contribution is 2.30. The molecule has 152 valence electrons. The van der Waals surface area contributed by atoms with Crippen LogP contribution in [0.2, 0.25) is 0 Å². The van der Waals surface area contributed by atoms with Crippen molar-refractivity contribution in [3.8, 4) is 0 Å². The van der Waals surface area contributed by atoms with Crippen molar-refractivity contribution >= 4 is 31.4 Å². The average Bonchev–Trinajstić information content (AvgIpc) is 2.95. The van der Waals surface area contributed by atoms with Gasteiger partial charge in [0.05, 0.1) is 22.0 Å². The lowest BCUT2D eigenvalue weighted by molar-refractivity contribution is 0.587. The van der Waals surface area contributed by atoms with Crippen LogP contribution in [0.4, 0.5) is 11.4 Å². The number of nitrogens with zero attached hydrogens (tertiary/aromatic N) is 1. The Morgan fingerprint density at radius 2 is 1.68 bits per heavy atom. The molecule has 1 aliphatic rings. The van der Waals surface area contributed by atoms with Gasteiger partial charge in [-0.2, -0.15) is 0 Å². The zero-order valence-electron chi connectivity index (χ0n) is 16.6. The molecule has 3 rings (SSSR count). The maximum Gasteiger partial charge on any atom is 0.261 e. The van der Waals surface area contributed by atoms with Crippen molar-refractivity contribution in [1.29, 1.82) is 0 Å². The van der Waals surface area contributed by atoms with E-state index in [1.165, 1.54) is 4.31 Å². The Bertz CT molecular complexity index is 1080. The molecule has 1 aliphatic heterocycles. The molecule has 0 saturated carbocycles. The summed E-state index contributed by atoms with van der Waals surface area (Å²) < 4.78 is 53.9. The summed E-state index contributed by atoms with van der Waals surface area (Å²) in [4.78, 5) is 0.166. The van der Waals surface area contributed by atoms with Gasteiger partial charge in [0, 0.05) is 6.54 Å². The predicted molar refractivity (Wildman–Crippen MR) is 113 cm³/mol. The summed E-state index contributed by atoms with van der Waals surface area (Å²) in [6.07, 6.45) is 0.567. The Hall–Kier alpha value is -2.06. The van der Waals surface area contributed by atoms with E-state index < -0.39 is 20.0 Å². The normalized spacial score (nSPS) is 16.9. The lowest BCUT2D eigenvalue weighted by Crippen LogP contribution is -2.25. The summed E-state index contributed by atoms with van der Waals surface area (Å²) in [5, 5.41) is 0. The number of benzene rings is 2. The number of hydrogen-bond acceptors (Lipinski definition) is 4. The predicted octanol–water partition coefficient (Wildman–Crippen LogP) is 3.63. The first-order valence-corrected chi connectivity index (χ1v) is 12.2. The standard InChI is InChI=1S/C20H26N2O4S2/c1-15-6-9-17(22-12-5-13-27(22,23)24)14-19(15)21-28(25,26)18-10-7-16(8-11-18)20(2,3)4/h6-11,14,21H,5,12-13H2,1-4H3. The van der Waals surface area contributed by atoms with E-state index in [9.17, 15) is 16.8 Å². The number of sulfonamides is 2. The third-order valence-corrected chi connectivity index (χ3v) is 8.13. The third-order valence-electron chi connectivity index (χ3n) is 4.88. The summed E-state index contributed by atoms with van der Waals surface area (Å²) in [6, 6.07) is 11.8. The van der Waals surface area contributed by atoms with Crippen molar-refractivity contribution < 1.29 is 16.8 Å². The van der Waals surface area contributed by atoms with Crippen LogP contribution in [-0.2, 0) is 25.5 Å². The molecule has 0 radical (unpaired) electrons. The van der Waals surface area contributed by atoms with Crippen LogP contribution in [0.25, 0.3) is 0 Å². The molecule has 2 aromatic rings. The number of anilines is 2. The van der Waals surface area contributed by atoms with E-state index in [2.05, 4.69) is 25.5 Å². The van der Waals surface area contributed by atoms with Crippen molar-refractivity contribution in [2.45, 2.75) is 44.4 Å². The van der Waals surface area contributed by atoms with Crippen molar-refractivity contribution in [3.05, 3.63) is 53.6 Å². The van der Waals surface area contributed by atoms with Gasteiger partial charge in [-0.3, -0.25) is 9.03 Å². The summed E-state index contributed by atoms with van der Waals surface area (Å²) in [7, 11) is -7.11. The Balaban J connectivity index is 1.91. The summed E-state index contributed by atoms with van der Waals surface area (Å²) in [5.41, 5.74) is 2.55. The van der Waals surface area contributed by atoms with Crippen LogP contribution in [0.15, 0.2) is 47.4 Å². The van der Waals surface area contributed by atoms with Crippen molar-refractivity contribution in [1.82, 2.24) is 0 Å². The molecular weight excluding hydrogens is 396 g/mol. The first kappa shape index (κ1) is 20.7. The minimum absolute atomic E-state index is 0.0676. The molecule has 1 saturated heterocycles. The maximum absolute atomic E-state index is 12.8. The lowest BCUT2D eigenvalue weighted by atomic mass is 9.87. The largest absolute Gasteiger partial charge is 0.279 e. The van der Waals surface area contributed by atoms with E-state index >= 15 is 0 Å². The minimum atomic E-state index is -3.79. The highest BCUT2D eigenvalue weighted by atomic mass is 32.2. The molecule has 6 nitrogen and oxygen atoms in total. The molecule has 0 atom stereocenters. The van der Waals surface area contributed by atoms with E-state index in [4.69, 9.17) is 0 Å². The molecule has 0 bridgehead atoms. The molecule has 1 N–H and O–H groups in total. The van der Waals surface area contributed by atoms with E-state index in [0.717, 1.165) is 11.1 Å². The molecule has 8 heteroatoms. The molecular formula is C20H26N2O4S2. The summed E-state index contributed by atoms with van der Waals surface area (Å²) in [5.74, 6) is 0.113. The summed E-state index contributed by atoms with van der Waals surface area (Å²) in [6.45, 7) is 8.39. The van der Waals surface area contributed by atoms with Crippen molar-refractivity contribution in [2.24, 2.45) is 0 Å². The summed E-state index contributed by atoms with van der Waals surface area (Å²) >= 11 is 0. The second-order valence-electron chi connectivity index (χ2n) is 8.12. The molecule has 0 spiro atoms. The molecule has 1 heterocycles. The number of rotatable bonds is 4. The zero-order valence-corrected chi connectivity index (χ0v) is 18.2. The maximum atomic E-state index is 12.8. The van der Waals surface area contributed by atoms with Gasteiger partial charge >= 0.3 is 0 Å². The fourth-order valence-corrected chi connectivity index (χ4v) is 5.82. The van der Waals surface area contributed by atoms with Crippen LogP contribution in [0.5, 0.6) is 0 Å². The van der Waals surface area contributed by atoms with Crippen LogP contribution in [0.1, 0.15) is 38.3 Å². The van der Waals surface area contributed by atoms with Gasteiger partial charge in [0.2, 0.25) is 10.0 Å². The van der Waals surface area contributed by atoms with Crippen LogP contribution in [0.3, 0.4) is 0 Å². The van der Waals surface area contributed by atoms with Crippen molar-refractivity contribution in [2.75, 3.05) is 21.3 Å². The van der Waals surface area contributed by atoms with E-state index in [1.54, 1.807) is 37.3 Å². The minimum Gasteiger partial charge on any atom is -0.279 e. The smallest absolute Gasteiger partial charge is 0.261 e. The fraction of sp³-hybridized carbons (Fsp3) is 0.400. The van der Waals surface area contributed by atoms with Crippen LogP contribution >= 0.6 is 0 Å². The lowest BCUT2D eigenvalue weighted by Gasteiger charge is -2.20. The molecule has 0 amide bonds. The monoisotopic (exact) mass is 422 g/mol. The zero-order chi connectivity index (χ0) is 20.7. The van der Waals surface area contributed by atoms with Gasteiger partial charge < -0.3 is 0 Å². The van der Waals surface area contributed by atoms with Gasteiger partial charge in [-0.25, -0.2) is 16.8 Å². The van der Waals surface area contributed by atoms with Gasteiger partial charge in [-0.15, -0.1) is 0 Å². The molecule has 0 aliphatic carbocycles. The van der Waals surface area contributed by atoms with E-state index in [0.29, 0.717) is 24.3 Å². The molecule has 0 aromatic heterocycles. The molecule has 1 fully saturated rings. The number of nitrogens with one attached hydrogen (secondary N) is 1. The van der Waals surface area contributed by atoms with Gasteiger partial charge in [-0.05, 0) is 54.2 Å². The van der Waals surface area contributed by atoms with Gasteiger partial charge in [0.15, 0.2) is 0 Å². The highest BCUT2D eigenvalue weighted by Gasteiger charge is 2.29. The highest BCUT2D eigenvalue weighted by molar-refractivity contribution is 7.93. The van der Waals surface area contributed by atoms with E-state index in [-0.39, 0.29) is 16.1 Å². The third kappa shape index (κ3) is 4.17. The Morgan fingerprint density at radius 3 is 2.21 bits per heavy atom. The Kier molecular flexibility index (Phi) is 5.22. The first-order chi connectivity index (χ1) is 12.9. The Morgan fingerprint density at radius 1 is 1.04 bits per heavy atom. The van der Waals surface area contributed by atoms with Gasteiger partial charge in [0.25, 0.3) is 10.0 Å². The second kappa shape index (κ2) is 7.08. The molecule has 0 unspecified atom stereocenters. The number of hydrogen-bond donors (Lipinski definition) is 1. The Labute approximate surface area is 167 Å². The van der Waals surface area contributed by atoms with Gasteiger partial charge in [-0.1, -0.05) is 39.0 Å². The van der Waals surface area contributed by atoms with E-state index in [1.807, 2.05) is 12.1 Å². The van der Waals surface area contributed by atoms with Crippen LogP contribution in [-0.4, -0.2) is 29.1 Å². The number of aryl methyl sites for hydroxylation is 1. The van der Waals surface area contributed by atoms with Crippen molar-refractivity contribution in [3.63, 3.8) is 0 Å². The topological polar surface area (TPSA) is 83.6 Å². The van der Waals surface area contributed by atoms with Gasteiger partial charge in [0.1, 0.15) is 0 Å². The first-order valence-electron chi connectivity index (χ1n) is 9.15.